The first-order valence-corrected chi connectivity index (χ1v) is 9.30. The van der Waals surface area contributed by atoms with Gasteiger partial charge in [-0.1, -0.05) is 6.07 Å². The lowest BCUT2D eigenvalue weighted by atomic mass is 10.2. The van der Waals surface area contributed by atoms with Gasteiger partial charge in [0.15, 0.2) is 0 Å². The van der Waals surface area contributed by atoms with Crippen molar-refractivity contribution in [1.29, 1.82) is 0 Å². The smallest absolute Gasteiger partial charge is 0.318 e. The first-order valence-electron chi connectivity index (χ1n) is 8.42. The summed E-state index contributed by atoms with van der Waals surface area (Å²) in [6.45, 7) is 4.05. The molecule has 0 aromatic carbocycles. The summed E-state index contributed by atoms with van der Waals surface area (Å²) in [7, 11) is 0. The molecule has 2 amide bonds. The number of hydrogen-bond acceptors (Lipinski definition) is 4. The second-order valence-electron chi connectivity index (χ2n) is 6.23. The number of carbonyl (C=O) groups excluding carboxylic acids is 1. The molecule has 130 valence electrons. The molecular formula is C18H24N2O3S. The summed E-state index contributed by atoms with van der Waals surface area (Å²) < 4.78 is 11.1. The van der Waals surface area contributed by atoms with Crippen LogP contribution in [-0.4, -0.2) is 36.2 Å². The Balaban J connectivity index is 1.58. The van der Waals surface area contributed by atoms with Gasteiger partial charge in [-0.05, 0) is 43.3 Å². The third kappa shape index (κ3) is 4.85. The van der Waals surface area contributed by atoms with E-state index in [-0.39, 0.29) is 18.2 Å². The van der Waals surface area contributed by atoms with Crippen molar-refractivity contribution in [1.82, 2.24) is 10.2 Å². The van der Waals surface area contributed by atoms with Crippen LogP contribution < -0.4 is 5.32 Å². The molecule has 5 nitrogen and oxygen atoms in total. The lowest BCUT2D eigenvalue weighted by Gasteiger charge is -2.27. The minimum atomic E-state index is -0.0436. The molecule has 3 rings (SSSR count). The highest BCUT2D eigenvalue weighted by Gasteiger charge is 2.24. The molecule has 3 heterocycles. The predicted molar refractivity (Wildman–Crippen MR) is 94.1 cm³/mol. The average molecular weight is 348 g/mol. The molecule has 0 aliphatic carbocycles. The van der Waals surface area contributed by atoms with Gasteiger partial charge >= 0.3 is 6.03 Å². The molecule has 0 radical (unpaired) electrons. The van der Waals surface area contributed by atoms with E-state index >= 15 is 0 Å². The number of rotatable bonds is 7. The molecular weight excluding hydrogens is 324 g/mol. The van der Waals surface area contributed by atoms with E-state index in [0.29, 0.717) is 19.5 Å². The Morgan fingerprint density at radius 1 is 1.46 bits per heavy atom. The molecule has 2 aromatic heterocycles. The number of thiophene rings is 1. The van der Waals surface area contributed by atoms with Gasteiger partial charge in [-0.15, -0.1) is 11.3 Å². The number of hydrogen-bond donors (Lipinski definition) is 1. The summed E-state index contributed by atoms with van der Waals surface area (Å²) in [5.41, 5.74) is 0. The van der Waals surface area contributed by atoms with E-state index in [1.54, 1.807) is 17.6 Å². The Morgan fingerprint density at radius 2 is 2.38 bits per heavy atom. The number of nitrogens with zero attached hydrogens (tertiary/aromatic N) is 1. The standard InChI is InChI=1S/C18H24N2O3S/c1-14(11-15-5-2-8-22-15)19-18(21)20(12-16-6-3-9-23-16)13-17-7-4-10-24-17/h2,4-5,7-8,10,14,16H,3,6,9,11-13H2,1H3,(H,19,21)/t14-,16-/m0/s1. The third-order valence-electron chi connectivity index (χ3n) is 4.12. The molecule has 1 N–H and O–H groups in total. The van der Waals surface area contributed by atoms with Gasteiger partial charge in [0.2, 0.25) is 0 Å². The van der Waals surface area contributed by atoms with Crippen molar-refractivity contribution in [2.24, 2.45) is 0 Å². The van der Waals surface area contributed by atoms with Crippen LogP contribution in [-0.2, 0) is 17.7 Å². The summed E-state index contributed by atoms with van der Waals surface area (Å²) >= 11 is 1.67. The highest BCUT2D eigenvalue weighted by atomic mass is 32.1. The molecule has 0 saturated carbocycles. The van der Waals surface area contributed by atoms with E-state index in [9.17, 15) is 4.79 Å². The molecule has 6 heteroatoms. The lowest BCUT2D eigenvalue weighted by Crippen LogP contribution is -2.46. The lowest BCUT2D eigenvalue weighted by molar-refractivity contribution is 0.0792. The van der Waals surface area contributed by atoms with E-state index in [1.807, 2.05) is 35.4 Å². The van der Waals surface area contributed by atoms with Crippen molar-refractivity contribution in [2.45, 2.75) is 44.9 Å². The minimum absolute atomic E-state index is 0.0129. The van der Waals surface area contributed by atoms with Gasteiger partial charge in [-0.3, -0.25) is 0 Å². The van der Waals surface area contributed by atoms with Crippen LogP contribution >= 0.6 is 11.3 Å². The van der Waals surface area contributed by atoms with E-state index in [4.69, 9.17) is 9.15 Å². The van der Waals surface area contributed by atoms with E-state index in [1.165, 1.54) is 4.88 Å². The van der Waals surface area contributed by atoms with Crippen molar-refractivity contribution >= 4 is 17.4 Å². The highest BCUT2D eigenvalue weighted by molar-refractivity contribution is 7.09. The Kier molecular flexibility index (Phi) is 5.93. The number of amides is 2. The topological polar surface area (TPSA) is 54.7 Å². The number of nitrogens with one attached hydrogen (secondary N) is 1. The zero-order chi connectivity index (χ0) is 16.8. The van der Waals surface area contributed by atoms with E-state index < -0.39 is 0 Å². The summed E-state index contributed by atoms with van der Waals surface area (Å²) in [6, 6.07) is 7.84. The van der Waals surface area contributed by atoms with Crippen LogP contribution in [0.3, 0.4) is 0 Å². The first-order chi connectivity index (χ1) is 11.7. The fourth-order valence-corrected chi connectivity index (χ4v) is 3.65. The van der Waals surface area contributed by atoms with Gasteiger partial charge in [0, 0.05) is 30.5 Å². The maximum atomic E-state index is 12.7. The van der Waals surface area contributed by atoms with E-state index in [2.05, 4.69) is 11.4 Å². The van der Waals surface area contributed by atoms with Crippen molar-refractivity contribution in [3.05, 3.63) is 46.5 Å². The second kappa shape index (κ2) is 8.35. The van der Waals surface area contributed by atoms with Gasteiger partial charge < -0.3 is 19.4 Å². The Labute approximate surface area is 146 Å². The molecule has 1 aliphatic heterocycles. The molecule has 1 saturated heterocycles. The fraction of sp³-hybridized carbons (Fsp3) is 0.500. The quantitative estimate of drug-likeness (QED) is 0.831. The fourth-order valence-electron chi connectivity index (χ4n) is 2.93. The number of carbonyl (C=O) groups is 1. The van der Waals surface area contributed by atoms with Gasteiger partial charge in [0.05, 0.1) is 18.9 Å². The van der Waals surface area contributed by atoms with Crippen LogP contribution in [0, 0.1) is 0 Å². The molecule has 0 bridgehead atoms. The van der Waals surface area contributed by atoms with Crippen LogP contribution in [0.25, 0.3) is 0 Å². The van der Waals surface area contributed by atoms with Crippen molar-refractivity contribution in [3.8, 4) is 0 Å². The molecule has 2 atom stereocenters. The molecule has 0 unspecified atom stereocenters. The van der Waals surface area contributed by atoms with Crippen LogP contribution in [0.2, 0.25) is 0 Å². The number of furan rings is 1. The van der Waals surface area contributed by atoms with Gasteiger partial charge in [-0.2, -0.15) is 0 Å². The molecule has 1 aliphatic rings. The summed E-state index contributed by atoms with van der Waals surface area (Å²) in [4.78, 5) is 15.8. The maximum absolute atomic E-state index is 12.7. The van der Waals surface area contributed by atoms with Crippen molar-refractivity contribution in [2.75, 3.05) is 13.2 Å². The third-order valence-corrected chi connectivity index (χ3v) is 4.98. The van der Waals surface area contributed by atoms with Gasteiger partial charge in [0.1, 0.15) is 5.76 Å². The van der Waals surface area contributed by atoms with Crippen LogP contribution in [0.5, 0.6) is 0 Å². The summed E-state index contributed by atoms with van der Waals surface area (Å²) in [5.74, 6) is 0.881. The summed E-state index contributed by atoms with van der Waals surface area (Å²) in [5, 5.41) is 5.12. The second-order valence-corrected chi connectivity index (χ2v) is 7.26. The van der Waals surface area contributed by atoms with Gasteiger partial charge in [-0.25, -0.2) is 4.79 Å². The predicted octanol–water partition coefficient (Wildman–Crippen LogP) is 3.66. The molecule has 2 aromatic rings. The number of ether oxygens (including phenoxy) is 1. The summed E-state index contributed by atoms with van der Waals surface area (Å²) in [6.07, 6.45) is 4.59. The first kappa shape index (κ1) is 17.0. The Bertz CT molecular complexity index is 606. The minimum Gasteiger partial charge on any atom is -0.469 e. The van der Waals surface area contributed by atoms with Gasteiger partial charge in [0.25, 0.3) is 0 Å². The Hall–Kier alpha value is -1.79. The van der Waals surface area contributed by atoms with Crippen LogP contribution in [0.4, 0.5) is 4.79 Å². The largest absolute Gasteiger partial charge is 0.469 e. The monoisotopic (exact) mass is 348 g/mol. The van der Waals surface area contributed by atoms with Crippen LogP contribution in [0.1, 0.15) is 30.4 Å². The van der Waals surface area contributed by atoms with E-state index in [0.717, 1.165) is 25.2 Å². The number of urea groups is 1. The molecule has 0 spiro atoms. The Morgan fingerprint density at radius 3 is 3.04 bits per heavy atom. The zero-order valence-corrected chi connectivity index (χ0v) is 14.8. The van der Waals surface area contributed by atoms with Crippen molar-refractivity contribution in [3.63, 3.8) is 0 Å². The highest BCUT2D eigenvalue weighted by Crippen LogP contribution is 2.17. The molecule has 1 fully saturated rings. The SMILES string of the molecule is C[C@@H](Cc1ccco1)NC(=O)N(Cc1cccs1)C[C@@H]1CCCO1. The normalized spacial score (nSPS) is 18.5. The van der Waals surface area contributed by atoms with Crippen molar-refractivity contribution < 1.29 is 13.9 Å². The average Bonchev–Trinajstić information content (AvgIpc) is 3.30. The molecule has 24 heavy (non-hydrogen) atoms. The zero-order valence-electron chi connectivity index (χ0n) is 13.9. The van der Waals surface area contributed by atoms with Crippen LogP contribution in [0.15, 0.2) is 40.3 Å². The maximum Gasteiger partial charge on any atom is 0.318 e.